The zero-order valence-corrected chi connectivity index (χ0v) is 13.3. The van der Waals surface area contributed by atoms with Gasteiger partial charge < -0.3 is 15.8 Å². The SMILES string of the molecule is CC(C)(C)[C@H](N)C(=O)NCc1ccccc1OC(F)(F)F.Cl. The average Bonchev–Trinajstić information content (AvgIpc) is 2.33. The van der Waals surface area contributed by atoms with Gasteiger partial charge >= 0.3 is 6.36 Å². The number of nitrogens with one attached hydrogen (secondary N) is 1. The van der Waals surface area contributed by atoms with Crippen molar-refractivity contribution < 1.29 is 22.7 Å². The molecule has 0 saturated heterocycles. The van der Waals surface area contributed by atoms with Gasteiger partial charge in [0.05, 0.1) is 6.04 Å². The van der Waals surface area contributed by atoms with Gasteiger partial charge in [-0.2, -0.15) is 0 Å². The van der Waals surface area contributed by atoms with E-state index >= 15 is 0 Å². The van der Waals surface area contributed by atoms with Crippen LogP contribution in [0, 0.1) is 5.41 Å². The Morgan fingerprint density at radius 3 is 2.32 bits per heavy atom. The minimum Gasteiger partial charge on any atom is -0.405 e. The normalized spacial score (nSPS) is 13.0. The number of benzene rings is 1. The summed E-state index contributed by atoms with van der Waals surface area (Å²) in [5.41, 5.74) is 5.56. The molecule has 0 spiro atoms. The number of para-hydroxylation sites is 1. The number of amides is 1. The predicted molar refractivity (Wildman–Crippen MR) is 79.7 cm³/mol. The summed E-state index contributed by atoms with van der Waals surface area (Å²) in [6.07, 6.45) is -4.78. The second-order valence-corrected chi connectivity index (χ2v) is 5.72. The second kappa shape index (κ2) is 7.69. The molecule has 4 nitrogen and oxygen atoms in total. The third-order valence-corrected chi connectivity index (χ3v) is 2.87. The topological polar surface area (TPSA) is 64.4 Å². The van der Waals surface area contributed by atoms with Crippen LogP contribution in [0.2, 0.25) is 0 Å². The molecule has 1 rings (SSSR count). The molecule has 1 aromatic carbocycles. The van der Waals surface area contributed by atoms with Crippen molar-refractivity contribution in [3.05, 3.63) is 29.8 Å². The molecule has 0 aliphatic heterocycles. The quantitative estimate of drug-likeness (QED) is 0.885. The Balaban J connectivity index is 0.00000441. The first kappa shape index (κ1) is 20.5. The van der Waals surface area contributed by atoms with Gasteiger partial charge in [-0.15, -0.1) is 25.6 Å². The van der Waals surface area contributed by atoms with Gasteiger partial charge in [0.15, 0.2) is 0 Å². The summed E-state index contributed by atoms with van der Waals surface area (Å²) in [6, 6.07) is 4.87. The van der Waals surface area contributed by atoms with Gasteiger partial charge in [0.1, 0.15) is 5.75 Å². The number of hydrogen-bond acceptors (Lipinski definition) is 3. The van der Waals surface area contributed by atoms with Crippen LogP contribution in [-0.4, -0.2) is 18.3 Å². The molecule has 126 valence electrons. The fourth-order valence-electron chi connectivity index (χ4n) is 1.56. The van der Waals surface area contributed by atoms with E-state index in [1.807, 2.05) is 0 Å². The van der Waals surface area contributed by atoms with Crippen molar-refractivity contribution in [1.82, 2.24) is 5.32 Å². The first-order valence-electron chi connectivity index (χ1n) is 6.37. The molecule has 1 amide bonds. The monoisotopic (exact) mass is 340 g/mol. The molecule has 1 aromatic rings. The Morgan fingerprint density at radius 2 is 1.82 bits per heavy atom. The number of alkyl halides is 3. The van der Waals surface area contributed by atoms with Gasteiger partial charge in [-0.05, 0) is 11.5 Å². The molecule has 1 atom stereocenters. The molecule has 22 heavy (non-hydrogen) atoms. The zero-order valence-electron chi connectivity index (χ0n) is 12.5. The van der Waals surface area contributed by atoms with E-state index in [2.05, 4.69) is 10.1 Å². The van der Waals surface area contributed by atoms with Crippen molar-refractivity contribution in [3.8, 4) is 5.75 Å². The van der Waals surface area contributed by atoms with Crippen molar-refractivity contribution in [1.29, 1.82) is 0 Å². The maximum absolute atomic E-state index is 12.3. The van der Waals surface area contributed by atoms with E-state index in [0.717, 1.165) is 0 Å². The highest BCUT2D eigenvalue weighted by Gasteiger charge is 2.32. The summed E-state index contributed by atoms with van der Waals surface area (Å²) < 4.78 is 40.7. The van der Waals surface area contributed by atoms with Crippen molar-refractivity contribution >= 4 is 18.3 Å². The van der Waals surface area contributed by atoms with Crippen molar-refractivity contribution in [2.24, 2.45) is 11.1 Å². The summed E-state index contributed by atoms with van der Waals surface area (Å²) in [7, 11) is 0. The molecule has 0 aliphatic rings. The van der Waals surface area contributed by atoms with E-state index in [4.69, 9.17) is 5.73 Å². The highest BCUT2D eigenvalue weighted by atomic mass is 35.5. The number of halogens is 4. The molecule has 0 fully saturated rings. The van der Waals surface area contributed by atoms with E-state index < -0.39 is 23.7 Å². The fourth-order valence-corrected chi connectivity index (χ4v) is 1.56. The second-order valence-electron chi connectivity index (χ2n) is 5.72. The number of ether oxygens (including phenoxy) is 1. The Kier molecular flexibility index (Phi) is 7.18. The summed E-state index contributed by atoms with van der Waals surface area (Å²) in [6.45, 7) is 5.32. The summed E-state index contributed by atoms with van der Waals surface area (Å²) >= 11 is 0. The molecule has 0 radical (unpaired) electrons. The minimum absolute atomic E-state index is 0. The highest BCUT2D eigenvalue weighted by Crippen LogP contribution is 2.26. The van der Waals surface area contributed by atoms with E-state index in [-0.39, 0.29) is 30.3 Å². The maximum Gasteiger partial charge on any atom is 0.573 e. The smallest absolute Gasteiger partial charge is 0.405 e. The maximum atomic E-state index is 12.3. The van der Waals surface area contributed by atoms with Crippen LogP contribution in [-0.2, 0) is 11.3 Å². The first-order chi connectivity index (χ1) is 9.50. The molecule has 8 heteroatoms. The van der Waals surface area contributed by atoms with E-state index in [0.29, 0.717) is 0 Å². The van der Waals surface area contributed by atoms with Crippen LogP contribution in [0.15, 0.2) is 24.3 Å². The Morgan fingerprint density at radius 1 is 1.27 bits per heavy atom. The van der Waals surface area contributed by atoms with Crippen LogP contribution in [0.4, 0.5) is 13.2 Å². The van der Waals surface area contributed by atoms with Crippen LogP contribution in [0.1, 0.15) is 26.3 Å². The Bertz CT molecular complexity index is 502. The van der Waals surface area contributed by atoms with Gasteiger partial charge in [-0.3, -0.25) is 4.79 Å². The highest BCUT2D eigenvalue weighted by molar-refractivity contribution is 5.85. The Labute approximate surface area is 133 Å². The number of nitrogens with two attached hydrogens (primary N) is 1. The average molecular weight is 341 g/mol. The molecule has 3 N–H and O–H groups in total. The summed E-state index contributed by atoms with van der Waals surface area (Å²) in [5.74, 6) is -0.765. The summed E-state index contributed by atoms with van der Waals surface area (Å²) in [4.78, 5) is 11.9. The summed E-state index contributed by atoms with van der Waals surface area (Å²) in [5, 5.41) is 2.52. The lowest BCUT2D eigenvalue weighted by Gasteiger charge is -2.26. The number of carbonyl (C=O) groups is 1. The lowest BCUT2D eigenvalue weighted by molar-refractivity contribution is -0.274. The number of hydrogen-bond donors (Lipinski definition) is 2. The molecule has 0 heterocycles. The molecule has 0 saturated carbocycles. The van der Waals surface area contributed by atoms with Gasteiger partial charge in [0.25, 0.3) is 0 Å². The third kappa shape index (κ3) is 6.53. The lowest BCUT2D eigenvalue weighted by Crippen LogP contribution is -2.48. The standard InChI is InChI=1S/C14H19F3N2O2.ClH/c1-13(2,3)11(18)12(20)19-8-9-6-4-5-7-10(9)21-14(15,16)17;/h4-7,11H,8,18H2,1-3H3,(H,19,20);1H/t11-;/m1./s1. The lowest BCUT2D eigenvalue weighted by atomic mass is 9.87. The van der Waals surface area contributed by atoms with Gasteiger partial charge in [-0.25, -0.2) is 0 Å². The fraction of sp³-hybridized carbons (Fsp3) is 0.500. The van der Waals surface area contributed by atoms with Crippen LogP contribution >= 0.6 is 12.4 Å². The minimum atomic E-state index is -4.78. The van der Waals surface area contributed by atoms with Crippen LogP contribution < -0.4 is 15.8 Å². The van der Waals surface area contributed by atoms with E-state index in [1.54, 1.807) is 26.8 Å². The molecule has 0 bridgehead atoms. The van der Waals surface area contributed by atoms with Crippen LogP contribution in [0.5, 0.6) is 5.75 Å². The Hall–Kier alpha value is -1.47. The molecule has 0 unspecified atom stereocenters. The zero-order chi connectivity index (χ0) is 16.3. The predicted octanol–water partition coefficient (Wildman–Crippen LogP) is 3.00. The number of rotatable bonds is 4. The largest absolute Gasteiger partial charge is 0.573 e. The van der Waals surface area contributed by atoms with E-state index in [1.165, 1.54) is 18.2 Å². The van der Waals surface area contributed by atoms with Gasteiger partial charge in [0, 0.05) is 12.1 Å². The molecule has 0 aliphatic carbocycles. The van der Waals surface area contributed by atoms with Gasteiger partial charge in [0.2, 0.25) is 5.91 Å². The van der Waals surface area contributed by atoms with Crippen molar-refractivity contribution in [3.63, 3.8) is 0 Å². The van der Waals surface area contributed by atoms with Crippen molar-refractivity contribution in [2.75, 3.05) is 0 Å². The molecular weight excluding hydrogens is 321 g/mol. The van der Waals surface area contributed by atoms with E-state index in [9.17, 15) is 18.0 Å². The van der Waals surface area contributed by atoms with Crippen molar-refractivity contribution in [2.45, 2.75) is 39.7 Å². The number of carbonyl (C=O) groups excluding carboxylic acids is 1. The van der Waals surface area contributed by atoms with Gasteiger partial charge in [-0.1, -0.05) is 39.0 Å². The van der Waals surface area contributed by atoms with Crippen LogP contribution in [0.25, 0.3) is 0 Å². The molecular formula is C14H20ClF3N2O2. The van der Waals surface area contributed by atoms with Crippen LogP contribution in [0.3, 0.4) is 0 Å². The third-order valence-electron chi connectivity index (χ3n) is 2.87. The first-order valence-corrected chi connectivity index (χ1v) is 6.37. The molecule has 0 aromatic heterocycles.